The largest absolute Gasteiger partial charge is 0.355 e. The van der Waals surface area contributed by atoms with Gasteiger partial charge in [-0.1, -0.05) is 83.4 Å². The van der Waals surface area contributed by atoms with Gasteiger partial charge in [-0.05, 0) is 43.2 Å². The Labute approximate surface area is 234 Å². The molecule has 38 heavy (non-hydrogen) atoms. The predicted molar refractivity (Wildman–Crippen MR) is 153 cm³/mol. The van der Waals surface area contributed by atoms with Crippen molar-refractivity contribution in [2.45, 2.75) is 32.9 Å². The molecule has 0 aliphatic carbocycles. The fourth-order valence-corrected chi connectivity index (χ4v) is 5.12. The van der Waals surface area contributed by atoms with E-state index >= 15 is 0 Å². The lowest BCUT2D eigenvalue weighted by molar-refractivity contribution is -0.140. The Morgan fingerprint density at radius 1 is 0.921 bits per heavy atom. The number of likely N-dealkylation sites (N-methyl/N-ethyl adjacent to an activating group) is 1. The molecular formula is C28H31Cl2N3O4S. The van der Waals surface area contributed by atoms with Gasteiger partial charge in [0.25, 0.3) is 0 Å². The van der Waals surface area contributed by atoms with Crippen LogP contribution < -0.4 is 9.62 Å². The number of carbonyl (C=O) groups excluding carboxylic acids is 2. The Hall–Kier alpha value is -3.07. The highest BCUT2D eigenvalue weighted by Crippen LogP contribution is 2.29. The van der Waals surface area contributed by atoms with Crippen molar-refractivity contribution in [1.82, 2.24) is 10.2 Å². The first-order chi connectivity index (χ1) is 18.0. The quantitative estimate of drug-likeness (QED) is 0.354. The van der Waals surface area contributed by atoms with Crippen LogP contribution in [-0.2, 0) is 32.6 Å². The minimum Gasteiger partial charge on any atom is -0.355 e. The Bertz CT molecular complexity index is 1370. The smallest absolute Gasteiger partial charge is 0.244 e. The lowest BCUT2D eigenvalue weighted by Crippen LogP contribution is -2.53. The molecule has 3 aromatic rings. The molecule has 202 valence electrons. The molecule has 0 radical (unpaired) electrons. The SMILES string of the molecule is CCNC(=O)C(Cc1ccccc1)N(Cc1ccc(C)cc1)C(=O)CN(c1ccc(Cl)c(Cl)c1)S(C)(=O)=O. The van der Waals surface area contributed by atoms with Crippen molar-refractivity contribution in [3.05, 3.63) is 99.5 Å². The summed E-state index contributed by atoms with van der Waals surface area (Å²) in [7, 11) is -3.89. The summed E-state index contributed by atoms with van der Waals surface area (Å²) in [6, 6.07) is 20.5. The number of sulfonamides is 1. The molecule has 10 heteroatoms. The molecule has 0 bridgehead atoms. The normalized spacial score (nSPS) is 12.0. The maximum Gasteiger partial charge on any atom is 0.244 e. The maximum atomic E-state index is 13.9. The van der Waals surface area contributed by atoms with Gasteiger partial charge < -0.3 is 10.2 Å². The highest BCUT2D eigenvalue weighted by molar-refractivity contribution is 7.92. The van der Waals surface area contributed by atoms with Crippen molar-refractivity contribution < 1.29 is 18.0 Å². The van der Waals surface area contributed by atoms with E-state index in [1.807, 2.05) is 61.5 Å². The zero-order chi connectivity index (χ0) is 27.9. The number of nitrogens with one attached hydrogen (secondary N) is 1. The van der Waals surface area contributed by atoms with Crippen LogP contribution in [0.3, 0.4) is 0 Å². The molecule has 0 fully saturated rings. The average molecular weight is 577 g/mol. The number of hydrogen-bond donors (Lipinski definition) is 1. The van der Waals surface area contributed by atoms with Gasteiger partial charge in [-0.2, -0.15) is 0 Å². The highest BCUT2D eigenvalue weighted by Gasteiger charge is 2.33. The van der Waals surface area contributed by atoms with Gasteiger partial charge in [-0.25, -0.2) is 8.42 Å². The Balaban J connectivity index is 2.04. The molecule has 0 aliphatic heterocycles. The summed E-state index contributed by atoms with van der Waals surface area (Å²) >= 11 is 12.2. The van der Waals surface area contributed by atoms with Crippen molar-refractivity contribution >= 4 is 50.7 Å². The van der Waals surface area contributed by atoms with Gasteiger partial charge in [0.1, 0.15) is 12.6 Å². The molecule has 3 aromatic carbocycles. The molecule has 0 aliphatic rings. The zero-order valence-corrected chi connectivity index (χ0v) is 23.9. The molecule has 2 amide bonds. The number of halogens is 2. The standard InChI is InChI=1S/C28H31Cl2N3O4S/c1-4-31-28(35)26(16-21-8-6-5-7-9-21)32(18-22-12-10-20(2)11-13-22)27(34)19-33(38(3,36)37)23-14-15-24(29)25(30)17-23/h5-15,17,26H,4,16,18-19H2,1-3H3,(H,31,35). The first-order valence-corrected chi connectivity index (χ1v) is 14.7. The van der Waals surface area contributed by atoms with Gasteiger partial charge in [0, 0.05) is 19.5 Å². The Morgan fingerprint density at radius 3 is 2.16 bits per heavy atom. The molecule has 1 atom stereocenters. The van der Waals surface area contributed by atoms with Crippen LogP contribution in [-0.4, -0.2) is 50.5 Å². The molecular weight excluding hydrogens is 545 g/mol. The number of benzene rings is 3. The van der Waals surface area contributed by atoms with Crippen LogP contribution in [0.5, 0.6) is 0 Å². The fourth-order valence-electron chi connectivity index (χ4n) is 3.99. The number of rotatable bonds is 11. The van der Waals surface area contributed by atoms with E-state index in [1.165, 1.54) is 23.1 Å². The molecule has 0 saturated heterocycles. The van der Waals surface area contributed by atoms with Crippen LogP contribution >= 0.6 is 23.2 Å². The van der Waals surface area contributed by atoms with E-state index < -0.39 is 28.5 Å². The van der Waals surface area contributed by atoms with E-state index in [0.29, 0.717) is 6.54 Å². The minimum atomic E-state index is -3.89. The summed E-state index contributed by atoms with van der Waals surface area (Å²) in [5.41, 5.74) is 2.93. The first-order valence-electron chi connectivity index (χ1n) is 12.1. The summed E-state index contributed by atoms with van der Waals surface area (Å²) in [6.07, 6.45) is 1.27. The lowest BCUT2D eigenvalue weighted by atomic mass is 10.0. The number of anilines is 1. The topological polar surface area (TPSA) is 86.8 Å². The van der Waals surface area contributed by atoms with Gasteiger partial charge in [-0.3, -0.25) is 13.9 Å². The third-order valence-corrected chi connectivity index (χ3v) is 7.85. The lowest BCUT2D eigenvalue weighted by Gasteiger charge is -2.33. The molecule has 0 heterocycles. The van der Waals surface area contributed by atoms with Gasteiger partial charge >= 0.3 is 0 Å². The Morgan fingerprint density at radius 2 is 1.58 bits per heavy atom. The summed E-state index contributed by atoms with van der Waals surface area (Å²) in [5.74, 6) is -0.855. The van der Waals surface area contributed by atoms with Crippen molar-refractivity contribution in [2.75, 3.05) is 23.7 Å². The van der Waals surface area contributed by atoms with Crippen molar-refractivity contribution in [1.29, 1.82) is 0 Å². The second-order valence-electron chi connectivity index (χ2n) is 8.98. The molecule has 0 aromatic heterocycles. The van der Waals surface area contributed by atoms with Crippen LogP contribution in [0.25, 0.3) is 0 Å². The van der Waals surface area contributed by atoms with Crippen LogP contribution in [0, 0.1) is 6.92 Å². The van der Waals surface area contributed by atoms with Gasteiger partial charge in [0.05, 0.1) is 22.0 Å². The van der Waals surface area contributed by atoms with E-state index in [1.54, 1.807) is 6.92 Å². The average Bonchev–Trinajstić information content (AvgIpc) is 2.87. The van der Waals surface area contributed by atoms with Gasteiger partial charge in [-0.15, -0.1) is 0 Å². The monoisotopic (exact) mass is 575 g/mol. The number of amides is 2. The maximum absolute atomic E-state index is 13.9. The van der Waals surface area contributed by atoms with Crippen LogP contribution in [0.1, 0.15) is 23.6 Å². The molecule has 1 unspecified atom stereocenters. The van der Waals surface area contributed by atoms with Crippen molar-refractivity contribution in [2.24, 2.45) is 0 Å². The molecule has 3 rings (SSSR count). The summed E-state index contributed by atoms with van der Waals surface area (Å²) in [5, 5.41) is 3.25. The number of nitrogens with zero attached hydrogens (tertiary/aromatic N) is 2. The van der Waals surface area contributed by atoms with Crippen molar-refractivity contribution in [3.8, 4) is 0 Å². The highest BCUT2D eigenvalue weighted by atomic mass is 35.5. The van der Waals surface area contributed by atoms with E-state index in [0.717, 1.165) is 27.3 Å². The van der Waals surface area contributed by atoms with Gasteiger partial charge in [0.2, 0.25) is 21.8 Å². The zero-order valence-electron chi connectivity index (χ0n) is 21.5. The summed E-state index contributed by atoms with van der Waals surface area (Å²) in [4.78, 5) is 28.7. The third-order valence-electron chi connectivity index (χ3n) is 5.97. The number of carbonyl (C=O) groups is 2. The fraction of sp³-hybridized carbons (Fsp3) is 0.286. The molecule has 0 spiro atoms. The minimum absolute atomic E-state index is 0.118. The van der Waals surface area contributed by atoms with E-state index in [9.17, 15) is 18.0 Å². The van der Waals surface area contributed by atoms with Crippen LogP contribution in [0.15, 0.2) is 72.8 Å². The van der Waals surface area contributed by atoms with E-state index in [2.05, 4.69) is 5.32 Å². The second-order valence-corrected chi connectivity index (χ2v) is 11.7. The van der Waals surface area contributed by atoms with E-state index in [4.69, 9.17) is 23.2 Å². The summed E-state index contributed by atoms with van der Waals surface area (Å²) < 4.78 is 26.5. The first kappa shape index (κ1) is 29.5. The molecule has 1 N–H and O–H groups in total. The molecule has 0 saturated carbocycles. The second kappa shape index (κ2) is 13.1. The Kier molecular flexibility index (Phi) is 10.2. The van der Waals surface area contributed by atoms with Crippen molar-refractivity contribution in [3.63, 3.8) is 0 Å². The molecule has 7 nitrogen and oxygen atoms in total. The predicted octanol–water partition coefficient (Wildman–Crippen LogP) is 4.84. The van der Waals surface area contributed by atoms with Gasteiger partial charge in [0.15, 0.2) is 0 Å². The van der Waals surface area contributed by atoms with E-state index in [-0.39, 0.29) is 34.6 Å². The number of aryl methyl sites for hydroxylation is 1. The number of hydrogen-bond acceptors (Lipinski definition) is 4. The summed E-state index contributed by atoms with van der Waals surface area (Å²) in [6.45, 7) is 3.75. The van der Waals surface area contributed by atoms with Crippen LogP contribution in [0.4, 0.5) is 5.69 Å². The third kappa shape index (κ3) is 7.96. The van der Waals surface area contributed by atoms with Crippen LogP contribution in [0.2, 0.25) is 10.0 Å².